The van der Waals surface area contributed by atoms with Gasteiger partial charge in [-0.25, -0.2) is 9.18 Å². The minimum absolute atomic E-state index is 0.180. The molecule has 1 aromatic carbocycles. The number of Topliss-reactive ketones (excluding diaryl/α,β-unsaturated/α-hetero) is 1. The van der Waals surface area contributed by atoms with Crippen LogP contribution in [0.2, 0.25) is 0 Å². The molecule has 1 fully saturated rings. The van der Waals surface area contributed by atoms with Gasteiger partial charge in [-0.05, 0) is 51.3 Å². The number of anilines is 1. The number of nitrogens with zero attached hydrogens (tertiary/aromatic N) is 1. The molecule has 0 N–H and O–H groups in total. The molecule has 0 bridgehead atoms. The molecule has 1 aromatic rings. The van der Waals surface area contributed by atoms with E-state index in [1.165, 1.54) is 13.0 Å². The van der Waals surface area contributed by atoms with Crippen LogP contribution in [0.4, 0.5) is 10.1 Å². The molecule has 1 atom stereocenters. The van der Waals surface area contributed by atoms with Crippen molar-refractivity contribution < 1.29 is 18.7 Å². The van der Waals surface area contributed by atoms with Crippen LogP contribution < -0.4 is 4.90 Å². The second-order valence-corrected chi connectivity index (χ2v) is 5.18. The maximum atomic E-state index is 14.3. The molecule has 0 aromatic heterocycles. The normalized spacial score (nSPS) is 18.4. The van der Waals surface area contributed by atoms with Crippen molar-refractivity contribution in [2.45, 2.75) is 39.2 Å². The number of benzene rings is 1. The third-order valence-electron chi connectivity index (χ3n) is 3.73. The van der Waals surface area contributed by atoms with Crippen LogP contribution in [-0.4, -0.2) is 30.9 Å². The van der Waals surface area contributed by atoms with Gasteiger partial charge in [0, 0.05) is 12.1 Å². The number of hydrogen-bond donors (Lipinski definition) is 0. The van der Waals surface area contributed by atoms with Crippen LogP contribution in [0.3, 0.4) is 0 Å². The summed E-state index contributed by atoms with van der Waals surface area (Å²) < 4.78 is 19.3. The number of halogens is 1. The molecule has 21 heavy (non-hydrogen) atoms. The molecule has 2 rings (SSSR count). The van der Waals surface area contributed by atoms with Crippen molar-refractivity contribution in [3.05, 3.63) is 29.6 Å². The fourth-order valence-electron chi connectivity index (χ4n) is 2.66. The lowest BCUT2D eigenvalue weighted by Gasteiger charge is -2.36. The van der Waals surface area contributed by atoms with Crippen LogP contribution in [0, 0.1) is 5.82 Å². The van der Waals surface area contributed by atoms with E-state index in [0.29, 0.717) is 30.8 Å². The third kappa shape index (κ3) is 3.40. The van der Waals surface area contributed by atoms with E-state index < -0.39 is 11.9 Å². The molecule has 0 amide bonds. The highest BCUT2D eigenvalue weighted by molar-refractivity contribution is 5.94. The zero-order valence-electron chi connectivity index (χ0n) is 12.4. The number of rotatable bonds is 4. The van der Waals surface area contributed by atoms with Crippen LogP contribution in [0.25, 0.3) is 0 Å². The number of carbonyl (C=O) groups is 2. The van der Waals surface area contributed by atoms with Gasteiger partial charge in [0.05, 0.1) is 12.3 Å². The van der Waals surface area contributed by atoms with Gasteiger partial charge in [0.25, 0.3) is 0 Å². The van der Waals surface area contributed by atoms with Gasteiger partial charge in [-0.15, -0.1) is 0 Å². The van der Waals surface area contributed by atoms with Crippen molar-refractivity contribution in [1.29, 1.82) is 0 Å². The van der Waals surface area contributed by atoms with Gasteiger partial charge in [-0.1, -0.05) is 0 Å². The lowest BCUT2D eigenvalue weighted by Crippen LogP contribution is -2.46. The standard InChI is InChI=1S/C16H20FNO3/c1-3-21-16(20)15-6-4-5-9-18(15)14-8-7-12(11(2)19)10-13(14)17/h7-8,10,15H,3-6,9H2,1-2H3. The smallest absolute Gasteiger partial charge is 0.328 e. The topological polar surface area (TPSA) is 46.6 Å². The Morgan fingerprint density at radius 2 is 2.14 bits per heavy atom. The predicted molar refractivity (Wildman–Crippen MR) is 78.0 cm³/mol. The first kappa shape index (κ1) is 15.5. The summed E-state index contributed by atoms with van der Waals surface area (Å²) >= 11 is 0. The van der Waals surface area contributed by atoms with E-state index >= 15 is 0 Å². The highest BCUT2D eigenvalue weighted by Crippen LogP contribution is 2.28. The monoisotopic (exact) mass is 293 g/mol. The minimum Gasteiger partial charge on any atom is -0.464 e. The number of esters is 1. The lowest BCUT2D eigenvalue weighted by molar-refractivity contribution is -0.145. The number of ether oxygens (including phenoxy) is 1. The molecular weight excluding hydrogens is 273 g/mol. The molecule has 0 aliphatic carbocycles. The average molecular weight is 293 g/mol. The highest BCUT2D eigenvalue weighted by atomic mass is 19.1. The van der Waals surface area contributed by atoms with E-state index in [9.17, 15) is 14.0 Å². The molecule has 5 heteroatoms. The third-order valence-corrected chi connectivity index (χ3v) is 3.73. The molecular formula is C16H20FNO3. The zero-order valence-corrected chi connectivity index (χ0v) is 12.4. The van der Waals surface area contributed by atoms with Crippen LogP contribution in [0.5, 0.6) is 0 Å². The van der Waals surface area contributed by atoms with Gasteiger partial charge in [0.15, 0.2) is 5.78 Å². The Balaban J connectivity index is 2.29. The minimum atomic E-state index is -0.473. The summed E-state index contributed by atoms with van der Waals surface area (Å²) in [7, 11) is 0. The molecule has 1 aliphatic heterocycles. The molecule has 1 aliphatic rings. The summed E-state index contributed by atoms with van der Waals surface area (Å²) in [6, 6.07) is 3.95. The van der Waals surface area contributed by atoms with Crippen LogP contribution in [-0.2, 0) is 9.53 Å². The highest BCUT2D eigenvalue weighted by Gasteiger charge is 2.31. The Hall–Kier alpha value is -1.91. The Morgan fingerprint density at radius 1 is 1.38 bits per heavy atom. The van der Waals surface area contributed by atoms with Crippen molar-refractivity contribution >= 4 is 17.4 Å². The van der Waals surface area contributed by atoms with Crippen molar-refractivity contribution in [3.63, 3.8) is 0 Å². The predicted octanol–water partition coefficient (Wildman–Crippen LogP) is 2.95. The van der Waals surface area contributed by atoms with Gasteiger partial charge in [-0.3, -0.25) is 4.79 Å². The van der Waals surface area contributed by atoms with Crippen molar-refractivity contribution in [1.82, 2.24) is 0 Å². The first-order valence-corrected chi connectivity index (χ1v) is 7.28. The summed E-state index contributed by atoms with van der Waals surface area (Å²) in [5.74, 6) is -0.966. The number of hydrogen-bond acceptors (Lipinski definition) is 4. The average Bonchev–Trinajstić information content (AvgIpc) is 2.47. The number of carbonyl (C=O) groups excluding carboxylic acids is 2. The SMILES string of the molecule is CCOC(=O)C1CCCCN1c1ccc(C(C)=O)cc1F. The second kappa shape index (κ2) is 6.70. The van der Waals surface area contributed by atoms with E-state index in [1.807, 2.05) is 0 Å². The lowest BCUT2D eigenvalue weighted by atomic mass is 10.0. The quantitative estimate of drug-likeness (QED) is 0.632. The van der Waals surface area contributed by atoms with E-state index in [0.717, 1.165) is 12.8 Å². The molecule has 1 unspecified atom stereocenters. The van der Waals surface area contributed by atoms with Crippen LogP contribution >= 0.6 is 0 Å². The maximum absolute atomic E-state index is 14.3. The largest absolute Gasteiger partial charge is 0.464 e. The van der Waals surface area contributed by atoms with Gasteiger partial charge in [0.2, 0.25) is 0 Å². The summed E-state index contributed by atoms with van der Waals surface area (Å²) in [6.07, 6.45) is 2.49. The zero-order chi connectivity index (χ0) is 15.4. The summed E-state index contributed by atoms with van der Waals surface area (Å²) in [5, 5.41) is 0. The maximum Gasteiger partial charge on any atom is 0.328 e. The Kier molecular flexibility index (Phi) is 4.94. The van der Waals surface area contributed by atoms with Crippen molar-refractivity contribution in [2.75, 3.05) is 18.1 Å². The first-order valence-electron chi connectivity index (χ1n) is 7.28. The van der Waals surface area contributed by atoms with E-state index in [2.05, 4.69) is 0 Å². The molecule has 0 radical (unpaired) electrons. The van der Waals surface area contributed by atoms with Gasteiger partial charge < -0.3 is 9.64 Å². The van der Waals surface area contributed by atoms with E-state index in [1.54, 1.807) is 24.0 Å². The van der Waals surface area contributed by atoms with E-state index in [4.69, 9.17) is 4.74 Å². The molecule has 114 valence electrons. The van der Waals surface area contributed by atoms with Crippen LogP contribution in [0.1, 0.15) is 43.5 Å². The molecule has 4 nitrogen and oxygen atoms in total. The Labute approximate surface area is 123 Å². The molecule has 1 heterocycles. The number of ketones is 1. The molecule has 0 spiro atoms. The van der Waals surface area contributed by atoms with Gasteiger partial charge in [0.1, 0.15) is 11.9 Å². The van der Waals surface area contributed by atoms with Crippen molar-refractivity contribution in [3.8, 4) is 0 Å². The fraction of sp³-hybridized carbons (Fsp3) is 0.500. The summed E-state index contributed by atoms with van der Waals surface area (Å²) in [6.45, 7) is 4.08. The van der Waals surface area contributed by atoms with Crippen molar-refractivity contribution in [2.24, 2.45) is 0 Å². The van der Waals surface area contributed by atoms with Gasteiger partial charge in [-0.2, -0.15) is 0 Å². The van der Waals surface area contributed by atoms with Crippen LogP contribution in [0.15, 0.2) is 18.2 Å². The number of piperidine rings is 1. The second-order valence-electron chi connectivity index (χ2n) is 5.18. The molecule has 0 saturated carbocycles. The van der Waals surface area contributed by atoms with E-state index in [-0.39, 0.29) is 11.8 Å². The fourth-order valence-corrected chi connectivity index (χ4v) is 2.66. The Bertz CT molecular complexity index is 544. The molecule has 1 saturated heterocycles. The van der Waals surface area contributed by atoms with Gasteiger partial charge >= 0.3 is 5.97 Å². The summed E-state index contributed by atoms with van der Waals surface area (Å²) in [4.78, 5) is 25.1. The first-order chi connectivity index (χ1) is 10.0. The summed E-state index contributed by atoms with van der Waals surface area (Å²) in [5.41, 5.74) is 0.693. The Morgan fingerprint density at radius 3 is 2.76 bits per heavy atom.